The van der Waals surface area contributed by atoms with Crippen molar-refractivity contribution >= 4 is 11.4 Å². The second kappa shape index (κ2) is 4.15. The zero-order chi connectivity index (χ0) is 8.27. The van der Waals surface area contributed by atoms with E-state index in [0.29, 0.717) is 0 Å². The first-order valence-corrected chi connectivity index (χ1v) is 4.70. The molecule has 0 aromatic rings. The fourth-order valence-corrected chi connectivity index (χ4v) is 1.71. The molecule has 0 aliphatic heterocycles. The van der Waals surface area contributed by atoms with Crippen LogP contribution in [0.4, 0.5) is 0 Å². The molecule has 1 aliphatic carbocycles. The Balaban J connectivity index is 2.22. The molecule has 11 heavy (non-hydrogen) atoms. The predicted molar refractivity (Wildman–Crippen MR) is 40.2 cm³/mol. The van der Waals surface area contributed by atoms with Crippen molar-refractivity contribution in [2.75, 3.05) is 0 Å². The largest absolute Gasteiger partial charge is 0.750 e. The highest BCUT2D eigenvalue weighted by Crippen LogP contribution is 2.19. The molecule has 1 unspecified atom stereocenters. The first-order chi connectivity index (χ1) is 5.18. The average Bonchev–Trinajstić information content (AvgIpc) is 1.93. The summed E-state index contributed by atoms with van der Waals surface area (Å²) in [5, 5.41) is 0. The number of hydrogen-bond acceptors (Lipinski definition) is 4. The van der Waals surface area contributed by atoms with E-state index in [1.807, 2.05) is 0 Å². The number of nitrogens with two attached hydrogens (primary N) is 1. The van der Waals surface area contributed by atoms with Crippen molar-refractivity contribution in [3.8, 4) is 0 Å². The van der Waals surface area contributed by atoms with Crippen LogP contribution in [-0.2, 0) is 15.5 Å². The summed E-state index contributed by atoms with van der Waals surface area (Å²) < 4.78 is 24.8. The summed E-state index contributed by atoms with van der Waals surface area (Å²) in [7, 11) is 0. The molecule has 0 bridgehead atoms. The van der Waals surface area contributed by atoms with Gasteiger partial charge in [-0.05, 0) is 25.7 Å². The van der Waals surface area contributed by atoms with Crippen LogP contribution in [0.2, 0.25) is 0 Å². The quantitative estimate of drug-likeness (QED) is 0.607. The summed E-state index contributed by atoms with van der Waals surface area (Å²) in [4.78, 5) is 0. The van der Waals surface area contributed by atoms with Crippen LogP contribution in [0.1, 0.15) is 25.7 Å². The smallest absolute Gasteiger partial charge is 0.0844 e. The van der Waals surface area contributed by atoms with E-state index in [-0.39, 0.29) is 12.1 Å². The monoisotopic (exact) mass is 178 g/mol. The maximum absolute atomic E-state index is 10.1. The lowest BCUT2D eigenvalue weighted by Gasteiger charge is -2.26. The molecule has 1 atom stereocenters. The van der Waals surface area contributed by atoms with Gasteiger partial charge in [0.25, 0.3) is 0 Å². The van der Waals surface area contributed by atoms with E-state index in [9.17, 15) is 8.76 Å². The molecule has 0 radical (unpaired) electrons. The second-order valence-corrected chi connectivity index (χ2v) is 3.44. The van der Waals surface area contributed by atoms with Crippen molar-refractivity contribution in [3.05, 3.63) is 0 Å². The molecule has 0 amide bonds. The molecule has 4 nitrogen and oxygen atoms in total. The molecule has 1 saturated carbocycles. The van der Waals surface area contributed by atoms with Gasteiger partial charge in [0.1, 0.15) is 0 Å². The number of rotatable bonds is 2. The Hall–Kier alpha value is 0.0300. The van der Waals surface area contributed by atoms with Crippen molar-refractivity contribution in [3.63, 3.8) is 0 Å². The maximum atomic E-state index is 10.1. The Morgan fingerprint density at radius 3 is 2.36 bits per heavy atom. The highest BCUT2D eigenvalue weighted by atomic mass is 32.2. The second-order valence-electron chi connectivity index (χ2n) is 2.84. The molecule has 0 saturated heterocycles. The lowest BCUT2D eigenvalue weighted by molar-refractivity contribution is 0.149. The normalized spacial score (nSPS) is 35.1. The summed E-state index contributed by atoms with van der Waals surface area (Å²) in [5.74, 6) is 0. The van der Waals surface area contributed by atoms with Gasteiger partial charge in [0.05, 0.1) is 17.5 Å². The standard InChI is InChI=1S/C6H13NO3S/c7-5-1-3-6(4-2-5)10-11(8)9/h5-6H,1-4,7H2,(H,8,9)/p-1. The summed E-state index contributed by atoms with van der Waals surface area (Å²) in [5.41, 5.74) is 5.62. The third-order valence-corrected chi connectivity index (χ3v) is 2.36. The first kappa shape index (κ1) is 9.12. The molecule has 2 N–H and O–H groups in total. The van der Waals surface area contributed by atoms with Gasteiger partial charge in [-0.3, -0.25) is 4.18 Å². The van der Waals surface area contributed by atoms with E-state index in [2.05, 4.69) is 4.18 Å². The lowest BCUT2D eigenvalue weighted by Crippen LogP contribution is -2.30. The topological polar surface area (TPSA) is 75.4 Å². The van der Waals surface area contributed by atoms with E-state index < -0.39 is 11.4 Å². The molecule has 1 fully saturated rings. The highest BCUT2D eigenvalue weighted by Gasteiger charge is 2.18. The summed E-state index contributed by atoms with van der Waals surface area (Å²) in [6.45, 7) is 0. The van der Waals surface area contributed by atoms with Gasteiger partial charge in [-0.25, -0.2) is 4.21 Å². The molecule has 5 heteroatoms. The van der Waals surface area contributed by atoms with Gasteiger partial charge >= 0.3 is 0 Å². The maximum Gasteiger partial charge on any atom is 0.0844 e. The minimum Gasteiger partial charge on any atom is -0.750 e. The van der Waals surface area contributed by atoms with Gasteiger partial charge in [0.15, 0.2) is 0 Å². The van der Waals surface area contributed by atoms with Crippen LogP contribution in [0.25, 0.3) is 0 Å². The fourth-order valence-electron chi connectivity index (χ4n) is 1.30. The van der Waals surface area contributed by atoms with Crippen molar-refractivity contribution in [2.45, 2.75) is 37.8 Å². The summed E-state index contributed by atoms with van der Waals surface area (Å²) in [6.07, 6.45) is 3.11. The van der Waals surface area contributed by atoms with E-state index in [4.69, 9.17) is 5.73 Å². The Morgan fingerprint density at radius 1 is 1.36 bits per heavy atom. The van der Waals surface area contributed by atoms with Gasteiger partial charge in [0.2, 0.25) is 0 Å². The fraction of sp³-hybridized carbons (Fsp3) is 1.00. The Kier molecular flexibility index (Phi) is 3.45. The van der Waals surface area contributed by atoms with Crippen molar-refractivity contribution in [1.82, 2.24) is 0 Å². The van der Waals surface area contributed by atoms with Gasteiger partial charge in [-0.15, -0.1) is 0 Å². The van der Waals surface area contributed by atoms with Gasteiger partial charge in [0, 0.05) is 6.04 Å². The zero-order valence-electron chi connectivity index (χ0n) is 6.19. The Morgan fingerprint density at radius 2 is 1.91 bits per heavy atom. The molecule has 66 valence electrons. The van der Waals surface area contributed by atoms with Crippen LogP contribution < -0.4 is 5.73 Å². The van der Waals surface area contributed by atoms with Gasteiger partial charge < -0.3 is 10.3 Å². The molecule has 1 rings (SSSR count). The molecule has 0 heterocycles. The van der Waals surface area contributed by atoms with Gasteiger partial charge in [-0.2, -0.15) is 0 Å². The third kappa shape index (κ3) is 3.29. The van der Waals surface area contributed by atoms with Crippen molar-refractivity contribution < 1.29 is 12.9 Å². The summed E-state index contributed by atoms with van der Waals surface area (Å²) in [6, 6.07) is 0.231. The molecular formula is C6H12NO3S-. The molecular weight excluding hydrogens is 166 g/mol. The van der Waals surface area contributed by atoms with E-state index >= 15 is 0 Å². The van der Waals surface area contributed by atoms with E-state index in [1.54, 1.807) is 0 Å². The first-order valence-electron chi connectivity index (χ1n) is 3.70. The van der Waals surface area contributed by atoms with Crippen LogP contribution in [-0.4, -0.2) is 20.9 Å². The van der Waals surface area contributed by atoms with Crippen LogP contribution in [0.15, 0.2) is 0 Å². The Bertz CT molecular complexity index is 145. The Labute approximate surface area is 68.6 Å². The third-order valence-electron chi connectivity index (χ3n) is 1.93. The highest BCUT2D eigenvalue weighted by molar-refractivity contribution is 7.74. The van der Waals surface area contributed by atoms with Crippen molar-refractivity contribution in [2.24, 2.45) is 5.73 Å². The SMILES string of the molecule is NC1CCC(OS(=O)[O-])CC1. The molecule has 0 spiro atoms. The van der Waals surface area contributed by atoms with Crippen LogP contribution >= 0.6 is 0 Å². The van der Waals surface area contributed by atoms with Gasteiger partial charge in [-0.1, -0.05) is 0 Å². The predicted octanol–water partition coefficient (Wildman–Crippen LogP) is 0.0670. The van der Waals surface area contributed by atoms with E-state index in [1.165, 1.54) is 0 Å². The molecule has 0 aromatic carbocycles. The minimum absolute atomic E-state index is 0.131. The zero-order valence-corrected chi connectivity index (χ0v) is 7.01. The van der Waals surface area contributed by atoms with Crippen molar-refractivity contribution in [1.29, 1.82) is 0 Å². The van der Waals surface area contributed by atoms with Crippen LogP contribution in [0.5, 0.6) is 0 Å². The summed E-state index contributed by atoms with van der Waals surface area (Å²) >= 11 is -2.37. The molecule has 1 aliphatic rings. The van der Waals surface area contributed by atoms with Crippen LogP contribution in [0, 0.1) is 0 Å². The average molecular weight is 178 g/mol. The number of hydrogen-bond donors (Lipinski definition) is 1. The van der Waals surface area contributed by atoms with Crippen LogP contribution in [0.3, 0.4) is 0 Å². The molecule has 0 aromatic heterocycles. The lowest BCUT2D eigenvalue weighted by atomic mass is 9.94. The van der Waals surface area contributed by atoms with E-state index in [0.717, 1.165) is 25.7 Å². The minimum atomic E-state index is -2.37.